The van der Waals surface area contributed by atoms with Crippen LogP contribution >= 0.6 is 0 Å². The standard InChI is InChI=1S/C28H28N6O4/c1-3-38-26(36)23-22-24(34(31-23)20-8-10-21(37-2)11-9-20)25(35)33(17-28(22)14-15-28)19-6-4-18(5-7-19)27(12-13-27)16-30-32-29/h4-11H,3,12-17H2,1-2H3. The lowest BCUT2D eigenvalue weighted by molar-refractivity contribution is 0.0516. The second-order valence-corrected chi connectivity index (χ2v) is 10.3. The van der Waals surface area contributed by atoms with Gasteiger partial charge in [0.05, 0.1) is 19.4 Å². The first-order chi connectivity index (χ1) is 18.4. The molecule has 194 valence electrons. The highest BCUT2D eigenvalue weighted by Gasteiger charge is 2.56. The minimum absolute atomic E-state index is 0.0942. The van der Waals surface area contributed by atoms with Gasteiger partial charge in [0, 0.05) is 40.1 Å². The molecule has 2 heterocycles. The van der Waals surface area contributed by atoms with Gasteiger partial charge in [-0.3, -0.25) is 4.79 Å². The molecule has 0 unspecified atom stereocenters. The Labute approximate surface area is 219 Å². The van der Waals surface area contributed by atoms with Crippen LogP contribution in [0, 0.1) is 0 Å². The van der Waals surface area contributed by atoms with Gasteiger partial charge >= 0.3 is 5.97 Å². The molecule has 1 amide bonds. The molecule has 0 bridgehead atoms. The van der Waals surface area contributed by atoms with Crippen molar-refractivity contribution in [1.29, 1.82) is 0 Å². The molecule has 3 aromatic rings. The van der Waals surface area contributed by atoms with E-state index < -0.39 is 5.97 Å². The Morgan fingerprint density at radius 2 is 1.76 bits per heavy atom. The summed E-state index contributed by atoms with van der Waals surface area (Å²) in [5, 5.41) is 8.45. The summed E-state index contributed by atoms with van der Waals surface area (Å²) in [5.74, 6) is -0.0389. The van der Waals surface area contributed by atoms with Gasteiger partial charge in [-0.05, 0) is 80.1 Å². The number of carbonyl (C=O) groups is 2. The molecule has 2 aromatic carbocycles. The number of rotatable bonds is 8. The average molecular weight is 513 g/mol. The number of esters is 1. The van der Waals surface area contributed by atoms with E-state index in [1.807, 2.05) is 36.4 Å². The first-order valence-electron chi connectivity index (χ1n) is 12.8. The van der Waals surface area contributed by atoms with Crippen molar-refractivity contribution >= 4 is 17.6 Å². The van der Waals surface area contributed by atoms with E-state index in [0.29, 0.717) is 35.8 Å². The van der Waals surface area contributed by atoms with Crippen molar-refractivity contribution in [3.05, 3.63) is 81.5 Å². The monoisotopic (exact) mass is 512 g/mol. The molecule has 0 atom stereocenters. The van der Waals surface area contributed by atoms with Gasteiger partial charge in [0.2, 0.25) is 0 Å². The first kappa shape index (κ1) is 24.1. The number of aromatic nitrogens is 2. The molecule has 2 saturated carbocycles. The Hall–Kier alpha value is -4.30. The van der Waals surface area contributed by atoms with E-state index in [-0.39, 0.29) is 29.0 Å². The van der Waals surface area contributed by atoms with Crippen LogP contribution in [-0.2, 0) is 15.6 Å². The number of methoxy groups -OCH3 is 1. The minimum Gasteiger partial charge on any atom is -0.497 e. The summed E-state index contributed by atoms with van der Waals surface area (Å²) >= 11 is 0. The van der Waals surface area contributed by atoms with E-state index in [0.717, 1.165) is 36.9 Å². The molecule has 1 aromatic heterocycles. The summed E-state index contributed by atoms with van der Waals surface area (Å²) < 4.78 is 12.2. The molecular weight excluding hydrogens is 484 g/mol. The van der Waals surface area contributed by atoms with Crippen molar-refractivity contribution in [1.82, 2.24) is 9.78 Å². The minimum atomic E-state index is -0.511. The van der Waals surface area contributed by atoms with Crippen LogP contribution in [0.1, 0.15) is 64.7 Å². The van der Waals surface area contributed by atoms with Crippen molar-refractivity contribution in [3.8, 4) is 11.4 Å². The zero-order valence-electron chi connectivity index (χ0n) is 21.4. The topological polar surface area (TPSA) is 122 Å². The van der Waals surface area contributed by atoms with E-state index in [1.165, 1.54) is 0 Å². The maximum Gasteiger partial charge on any atom is 0.359 e. The molecule has 0 radical (unpaired) electrons. The van der Waals surface area contributed by atoms with Crippen molar-refractivity contribution in [2.24, 2.45) is 5.11 Å². The van der Waals surface area contributed by atoms with E-state index in [1.54, 1.807) is 35.7 Å². The lowest BCUT2D eigenvalue weighted by Crippen LogP contribution is -2.44. The number of hydrogen-bond donors (Lipinski definition) is 0. The second kappa shape index (κ2) is 8.92. The fourth-order valence-electron chi connectivity index (χ4n) is 5.57. The van der Waals surface area contributed by atoms with Crippen molar-refractivity contribution in [2.45, 2.75) is 43.4 Å². The molecule has 10 nitrogen and oxygen atoms in total. The van der Waals surface area contributed by atoms with Crippen LogP contribution in [0.3, 0.4) is 0 Å². The number of benzene rings is 2. The summed E-state index contributed by atoms with van der Waals surface area (Å²) in [7, 11) is 1.59. The quantitative estimate of drug-likeness (QED) is 0.180. The largest absolute Gasteiger partial charge is 0.497 e. The van der Waals surface area contributed by atoms with Crippen LogP contribution < -0.4 is 9.64 Å². The fraction of sp³-hybridized carbons (Fsp3) is 0.393. The first-order valence-corrected chi connectivity index (χ1v) is 12.8. The van der Waals surface area contributed by atoms with Gasteiger partial charge < -0.3 is 14.4 Å². The number of carbonyl (C=O) groups excluding carboxylic acids is 2. The van der Waals surface area contributed by atoms with E-state index >= 15 is 0 Å². The lowest BCUT2D eigenvalue weighted by Gasteiger charge is -2.33. The van der Waals surface area contributed by atoms with Crippen LogP contribution in [0.15, 0.2) is 53.6 Å². The Morgan fingerprint density at radius 1 is 1.08 bits per heavy atom. The van der Waals surface area contributed by atoms with Gasteiger partial charge in [0.15, 0.2) is 5.69 Å². The molecule has 1 spiro atoms. The maximum absolute atomic E-state index is 14.1. The van der Waals surface area contributed by atoms with Crippen LogP contribution in [-0.4, -0.2) is 48.5 Å². The zero-order valence-corrected chi connectivity index (χ0v) is 21.4. The summed E-state index contributed by atoms with van der Waals surface area (Å²) in [5.41, 5.74) is 12.2. The molecule has 38 heavy (non-hydrogen) atoms. The number of fused-ring (bicyclic) bond motifs is 2. The number of anilines is 1. The molecule has 10 heteroatoms. The number of azide groups is 1. The zero-order chi connectivity index (χ0) is 26.5. The van der Waals surface area contributed by atoms with Crippen LogP contribution in [0.4, 0.5) is 5.69 Å². The fourth-order valence-corrected chi connectivity index (χ4v) is 5.57. The predicted molar refractivity (Wildman–Crippen MR) is 140 cm³/mol. The summed E-state index contributed by atoms with van der Waals surface area (Å²) in [6, 6.07) is 15.2. The molecule has 2 aliphatic carbocycles. The summed E-state index contributed by atoms with van der Waals surface area (Å²) in [4.78, 5) is 31.8. The SMILES string of the molecule is CCOC(=O)c1nn(-c2ccc(OC)cc2)c2c1C1(CC1)CN(c1ccc(C3(CN=[N+]=[N-])CC3)cc1)C2=O. The van der Waals surface area contributed by atoms with E-state index in [4.69, 9.17) is 15.0 Å². The second-order valence-electron chi connectivity index (χ2n) is 10.3. The molecule has 0 saturated heterocycles. The number of ether oxygens (including phenoxy) is 2. The Bertz CT molecular complexity index is 1460. The van der Waals surface area contributed by atoms with Crippen LogP contribution in [0.5, 0.6) is 5.75 Å². The highest BCUT2D eigenvalue weighted by Crippen LogP contribution is 2.55. The average Bonchev–Trinajstić information content (AvgIpc) is 3.87. The van der Waals surface area contributed by atoms with Gasteiger partial charge in [-0.25, -0.2) is 9.48 Å². The Balaban J connectivity index is 1.42. The number of amides is 1. The number of nitrogens with zero attached hydrogens (tertiary/aromatic N) is 6. The molecule has 3 aliphatic rings. The Kier molecular flexibility index (Phi) is 5.65. The van der Waals surface area contributed by atoms with Gasteiger partial charge in [0.25, 0.3) is 5.91 Å². The molecular formula is C28H28N6O4. The van der Waals surface area contributed by atoms with Crippen LogP contribution in [0.25, 0.3) is 16.1 Å². The van der Waals surface area contributed by atoms with Gasteiger partial charge in [-0.2, -0.15) is 5.10 Å². The summed E-state index contributed by atoms with van der Waals surface area (Å²) in [6.45, 7) is 2.90. The summed E-state index contributed by atoms with van der Waals surface area (Å²) in [6.07, 6.45) is 3.69. The normalized spacial score (nSPS) is 17.9. The van der Waals surface area contributed by atoms with Crippen molar-refractivity contribution < 1.29 is 19.1 Å². The van der Waals surface area contributed by atoms with Crippen molar-refractivity contribution in [3.63, 3.8) is 0 Å². The third-order valence-corrected chi connectivity index (χ3v) is 8.05. The predicted octanol–water partition coefficient (Wildman–Crippen LogP) is 5.09. The van der Waals surface area contributed by atoms with Gasteiger partial charge in [-0.15, -0.1) is 0 Å². The molecule has 6 rings (SSSR count). The smallest absolute Gasteiger partial charge is 0.359 e. The molecule has 2 fully saturated rings. The maximum atomic E-state index is 14.1. The molecule has 1 aliphatic heterocycles. The van der Waals surface area contributed by atoms with Crippen LogP contribution in [0.2, 0.25) is 0 Å². The molecule has 0 N–H and O–H groups in total. The highest BCUT2D eigenvalue weighted by atomic mass is 16.5. The third kappa shape index (κ3) is 3.80. The third-order valence-electron chi connectivity index (χ3n) is 8.05. The van der Waals surface area contributed by atoms with Gasteiger partial charge in [-0.1, -0.05) is 17.2 Å². The highest BCUT2D eigenvalue weighted by molar-refractivity contribution is 6.10. The van der Waals surface area contributed by atoms with Crippen molar-refractivity contribution in [2.75, 3.05) is 31.7 Å². The number of hydrogen-bond acceptors (Lipinski definition) is 6. The Morgan fingerprint density at radius 3 is 2.34 bits per heavy atom. The van der Waals surface area contributed by atoms with E-state index in [2.05, 4.69) is 15.1 Å². The lowest BCUT2D eigenvalue weighted by atomic mass is 9.88. The van der Waals surface area contributed by atoms with E-state index in [9.17, 15) is 9.59 Å². The van der Waals surface area contributed by atoms with Gasteiger partial charge in [0.1, 0.15) is 11.4 Å².